The van der Waals surface area contributed by atoms with E-state index >= 15 is 0 Å². The van der Waals surface area contributed by atoms with Crippen molar-refractivity contribution >= 4 is 23.5 Å². The molecule has 6 aliphatic rings. The molecule has 0 saturated heterocycles. The van der Waals surface area contributed by atoms with Crippen molar-refractivity contribution in [1.82, 2.24) is 0 Å². The molecule has 0 unspecified atom stereocenters. The van der Waals surface area contributed by atoms with Crippen LogP contribution in [0.15, 0.2) is 33.3 Å². The molecule has 4 fully saturated rings. The highest BCUT2D eigenvalue weighted by Crippen LogP contribution is 2.67. The number of esters is 1. The maximum Gasteiger partial charge on any atom is 0.303 e. The molecule has 0 aliphatic heterocycles. The first-order valence-corrected chi connectivity index (χ1v) is 17.3. The SMILES string of the molecule is C(=NC1CCCCC1)=NC1CCCCC1.CC(=O)O[C@]1(C(C)=O)CC[C@H]2[C@@H]3C=C(C)C4=CC(=O)CC[C@]4(C)[C@H]3CC[C@@]21C. The monoisotopic (exact) mass is 590 g/mol. The summed E-state index contributed by atoms with van der Waals surface area (Å²) in [6, 6.07) is 4.04. The summed E-state index contributed by atoms with van der Waals surface area (Å²) in [4.78, 5) is 45.7. The molecule has 6 nitrogen and oxygen atoms in total. The van der Waals surface area contributed by atoms with Gasteiger partial charge < -0.3 is 4.74 Å². The van der Waals surface area contributed by atoms with Crippen molar-refractivity contribution in [2.75, 3.05) is 0 Å². The number of allylic oxidation sites excluding steroid dienone is 4. The predicted octanol–water partition coefficient (Wildman–Crippen LogP) is 8.40. The molecule has 4 saturated carbocycles. The Morgan fingerprint density at radius 1 is 0.837 bits per heavy atom. The Hall–Kier alpha value is -2.33. The number of ether oxygens (including phenoxy) is 1. The van der Waals surface area contributed by atoms with Crippen molar-refractivity contribution in [2.24, 2.45) is 38.6 Å². The smallest absolute Gasteiger partial charge is 0.303 e. The fraction of sp³-hybridized carbons (Fsp3) is 0.784. The number of nitrogens with zero attached hydrogens (tertiary/aromatic N) is 2. The van der Waals surface area contributed by atoms with Gasteiger partial charge in [0, 0.05) is 18.8 Å². The van der Waals surface area contributed by atoms with E-state index in [9.17, 15) is 14.4 Å². The van der Waals surface area contributed by atoms with Gasteiger partial charge in [0.2, 0.25) is 0 Å². The minimum Gasteiger partial charge on any atom is -0.451 e. The summed E-state index contributed by atoms with van der Waals surface area (Å²) in [6.07, 6.45) is 22.4. The van der Waals surface area contributed by atoms with Gasteiger partial charge in [-0.1, -0.05) is 64.0 Å². The normalized spacial score (nSPS) is 37.6. The lowest BCUT2D eigenvalue weighted by Crippen LogP contribution is -2.58. The predicted molar refractivity (Wildman–Crippen MR) is 170 cm³/mol. The van der Waals surface area contributed by atoms with E-state index in [1.165, 1.54) is 82.3 Å². The van der Waals surface area contributed by atoms with Crippen LogP contribution in [0, 0.1) is 28.6 Å². The average Bonchev–Trinajstić information content (AvgIpc) is 3.28. The quantitative estimate of drug-likeness (QED) is 0.243. The first-order chi connectivity index (χ1) is 20.5. The van der Waals surface area contributed by atoms with Crippen molar-refractivity contribution in [1.29, 1.82) is 0 Å². The second-order valence-corrected chi connectivity index (χ2v) is 15.0. The number of carbonyl (C=O) groups excluding carboxylic acids is 3. The Morgan fingerprint density at radius 3 is 1.98 bits per heavy atom. The summed E-state index contributed by atoms with van der Waals surface area (Å²) in [6.45, 7) is 9.63. The molecular formula is C37H54N2O4. The molecule has 0 aromatic carbocycles. The topological polar surface area (TPSA) is 85.2 Å². The number of carbonyl (C=O) groups is 3. The molecule has 0 bridgehead atoms. The zero-order valence-corrected chi connectivity index (χ0v) is 27.4. The van der Waals surface area contributed by atoms with Gasteiger partial charge in [-0.3, -0.25) is 14.4 Å². The van der Waals surface area contributed by atoms with Crippen LogP contribution in [0.2, 0.25) is 0 Å². The van der Waals surface area contributed by atoms with E-state index in [1.807, 2.05) is 6.08 Å². The molecule has 6 rings (SSSR count). The highest BCUT2D eigenvalue weighted by molar-refractivity contribution is 5.92. The van der Waals surface area contributed by atoms with Gasteiger partial charge >= 0.3 is 5.97 Å². The van der Waals surface area contributed by atoms with Crippen LogP contribution < -0.4 is 0 Å². The van der Waals surface area contributed by atoms with Crippen molar-refractivity contribution < 1.29 is 19.1 Å². The Bertz CT molecular complexity index is 1190. The molecule has 6 atom stereocenters. The number of hydrogen-bond donors (Lipinski definition) is 0. The molecule has 6 aliphatic carbocycles. The van der Waals surface area contributed by atoms with Gasteiger partial charge in [0.05, 0.1) is 18.1 Å². The van der Waals surface area contributed by atoms with E-state index in [4.69, 9.17) is 4.74 Å². The van der Waals surface area contributed by atoms with E-state index < -0.39 is 5.60 Å². The number of fused-ring (bicyclic) bond motifs is 5. The number of aliphatic imine (C=N–C) groups is 2. The molecule has 43 heavy (non-hydrogen) atoms. The number of ketones is 2. The number of hydrogen-bond acceptors (Lipinski definition) is 6. The van der Waals surface area contributed by atoms with Crippen LogP contribution in [0.5, 0.6) is 0 Å². The molecule has 0 radical (unpaired) electrons. The molecule has 0 aromatic rings. The second-order valence-electron chi connectivity index (χ2n) is 15.0. The minimum absolute atomic E-state index is 0.0160. The lowest BCUT2D eigenvalue weighted by molar-refractivity contribution is -0.185. The Morgan fingerprint density at radius 2 is 1.42 bits per heavy atom. The van der Waals surface area contributed by atoms with Crippen molar-refractivity contribution in [3.8, 4) is 0 Å². The zero-order chi connectivity index (χ0) is 30.8. The molecule has 236 valence electrons. The second kappa shape index (κ2) is 13.0. The van der Waals surface area contributed by atoms with Crippen LogP contribution in [0.4, 0.5) is 0 Å². The highest BCUT2D eigenvalue weighted by atomic mass is 16.6. The third-order valence-corrected chi connectivity index (χ3v) is 12.5. The summed E-state index contributed by atoms with van der Waals surface area (Å²) in [7, 11) is 0. The Balaban J connectivity index is 0.000000207. The number of rotatable bonds is 4. The van der Waals surface area contributed by atoms with Gasteiger partial charge in [0.25, 0.3) is 0 Å². The van der Waals surface area contributed by atoms with Gasteiger partial charge in [-0.15, -0.1) is 0 Å². The van der Waals surface area contributed by atoms with E-state index in [1.54, 1.807) is 6.92 Å². The summed E-state index contributed by atoms with van der Waals surface area (Å²) in [5, 5.41) is 0. The fourth-order valence-corrected chi connectivity index (χ4v) is 10.1. The number of Topliss-reactive ketones (excluding diaryl/α,β-unsaturated/α-hetero) is 1. The Labute approximate surface area is 259 Å². The average molecular weight is 591 g/mol. The van der Waals surface area contributed by atoms with Crippen molar-refractivity contribution in [3.63, 3.8) is 0 Å². The Kier molecular flexibility index (Phi) is 9.66. The first-order valence-electron chi connectivity index (χ1n) is 17.3. The largest absolute Gasteiger partial charge is 0.451 e. The third-order valence-electron chi connectivity index (χ3n) is 12.5. The molecule has 0 N–H and O–H groups in total. The first kappa shape index (κ1) is 32.1. The van der Waals surface area contributed by atoms with Crippen LogP contribution in [0.3, 0.4) is 0 Å². The third kappa shape index (κ3) is 6.15. The van der Waals surface area contributed by atoms with Crippen LogP contribution in [0.25, 0.3) is 0 Å². The van der Waals surface area contributed by atoms with Gasteiger partial charge in [-0.2, -0.15) is 0 Å². The molecule has 0 aromatic heterocycles. The van der Waals surface area contributed by atoms with Crippen LogP contribution in [-0.4, -0.2) is 41.2 Å². The van der Waals surface area contributed by atoms with Crippen LogP contribution >= 0.6 is 0 Å². The molecule has 0 heterocycles. The zero-order valence-electron chi connectivity index (χ0n) is 27.4. The van der Waals surface area contributed by atoms with Gasteiger partial charge in [-0.05, 0) is 106 Å². The van der Waals surface area contributed by atoms with Gasteiger partial charge in [0.15, 0.2) is 17.2 Å². The van der Waals surface area contributed by atoms with Crippen molar-refractivity contribution in [2.45, 2.75) is 155 Å². The standard InChI is InChI=1S/C24H32O4.C13H22N2/c1-14-12-18-19(22(4)9-6-17(27)13-21(14)22)7-10-23(5)20(18)8-11-24(23,15(2)25)28-16(3)26;1-3-7-12(8-4-1)14-11-15-13-9-5-2-6-10-13/h12-13,18-20H,6-11H2,1-5H3;12-13H,1-10H2/t18-,19+,20+,22-,23+,24+;/m1./s1. The fourth-order valence-electron chi connectivity index (χ4n) is 10.1. The van der Waals surface area contributed by atoms with E-state index in [0.717, 1.165) is 25.7 Å². The van der Waals surface area contributed by atoms with E-state index in [2.05, 4.69) is 42.8 Å². The van der Waals surface area contributed by atoms with Gasteiger partial charge in [-0.25, -0.2) is 9.98 Å². The van der Waals surface area contributed by atoms with E-state index in [0.29, 0.717) is 42.7 Å². The summed E-state index contributed by atoms with van der Waals surface area (Å²) in [5.74, 6) is 1.03. The summed E-state index contributed by atoms with van der Waals surface area (Å²) < 4.78 is 5.82. The maximum absolute atomic E-state index is 12.8. The van der Waals surface area contributed by atoms with Crippen molar-refractivity contribution in [3.05, 3.63) is 23.3 Å². The maximum atomic E-state index is 12.8. The molecule has 6 heteroatoms. The van der Waals surface area contributed by atoms with E-state index in [-0.39, 0.29) is 28.4 Å². The molecular weight excluding hydrogens is 536 g/mol. The highest BCUT2D eigenvalue weighted by Gasteiger charge is 2.67. The molecule has 0 spiro atoms. The van der Waals surface area contributed by atoms with Gasteiger partial charge in [0.1, 0.15) is 0 Å². The van der Waals surface area contributed by atoms with Crippen LogP contribution in [-0.2, 0) is 19.1 Å². The lowest BCUT2D eigenvalue weighted by Gasteiger charge is -2.58. The van der Waals surface area contributed by atoms with Crippen LogP contribution in [0.1, 0.15) is 137 Å². The molecule has 0 amide bonds. The lowest BCUT2D eigenvalue weighted by atomic mass is 9.47. The minimum atomic E-state index is -0.990. The summed E-state index contributed by atoms with van der Waals surface area (Å²) in [5.41, 5.74) is 1.15. The summed E-state index contributed by atoms with van der Waals surface area (Å²) >= 11 is 0.